The van der Waals surface area contributed by atoms with Crippen molar-refractivity contribution in [1.82, 2.24) is 9.97 Å². The Kier molecular flexibility index (Phi) is 4.53. The number of benzene rings is 2. The van der Waals surface area contributed by atoms with Crippen LogP contribution in [0.15, 0.2) is 54.9 Å². The van der Waals surface area contributed by atoms with Crippen LogP contribution in [0.25, 0.3) is 10.9 Å². The van der Waals surface area contributed by atoms with Crippen LogP contribution in [0.5, 0.6) is 0 Å². The van der Waals surface area contributed by atoms with Crippen LogP contribution in [-0.4, -0.2) is 27.2 Å². The Hall–Kier alpha value is -2.46. The van der Waals surface area contributed by atoms with Gasteiger partial charge in [-0.15, -0.1) is 0 Å². The summed E-state index contributed by atoms with van der Waals surface area (Å²) in [6.45, 7) is 4.02. The lowest BCUT2D eigenvalue weighted by molar-refractivity contribution is 0.158. The average Bonchev–Trinajstić information content (AvgIpc) is 2.56. The van der Waals surface area contributed by atoms with Gasteiger partial charge in [-0.3, -0.25) is 0 Å². The smallest absolute Gasteiger partial charge is 0.137 e. The maximum absolute atomic E-state index is 10.5. The predicted octanol–water partition coefficient (Wildman–Crippen LogP) is 3.34. The summed E-state index contributed by atoms with van der Waals surface area (Å²) >= 11 is 0. The number of anilines is 1. The summed E-state index contributed by atoms with van der Waals surface area (Å²) in [6, 6.07) is 15.9. The minimum Gasteiger partial charge on any atom is -0.391 e. The van der Waals surface area contributed by atoms with Crippen molar-refractivity contribution in [2.45, 2.75) is 32.4 Å². The van der Waals surface area contributed by atoms with Gasteiger partial charge in [-0.05, 0) is 31.0 Å². The molecule has 0 saturated carbocycles. The monoisotopic (exact) mass is 307 g/mol. The van der Waals surface area contributed by atoms with Gasteiger partial charge in [0.05, 0.1) is 17.7 Å². The zero-order valence-corrected chi connectivity index (χ0v) is 13.4. The number of aliphatic hydroxyl groups excluding tert-OH is 1. The molecule has 118 valence electrons. The molecule has 2 N–H and O–H groups in total. The summed E-state index contributed by atoms with van der Waals surface area (Å²) < 4.78 is 0. The van der Waals surface area contributed by atoms with Crippen LogP contribution in [-0.2, 0) is 6.42 Å². The van der Waals surface area contributed by atoms with E-state index in [9.17, 15) is 5.11 Å². The number of aryl methyl sites for hydroxylation is 1. The van der Waals surface area contributed by atoms with Crippen molar-refractivity contribution in [3.63, 3.8) is 0 Å². The van der Waals surface area contributed by atoms with Crippen LogP contribution in [0.4, 0.5) is 5.82 Å². The van der Waals surface area contributed by atoms with Crippen molar-refractivity contribution < 1.29 is 5.11 Å². The van der Waals surface area contributed by atoms with Crippen LogP contribution in [0.2, 0.25) is 0 Å². The summed E-state index contributed by atoms with van der Waals surface area (Å²) in [7, 11) is 0. The van der Waals surface area contributed by atoms with Crippen LogP contribution < -0.4 is 5.32 Å². The third-order valence-electron chi connectivity index (χ3n) is 4.10. The van der Waals surface area contributed by atoms with E-state index in [1.54, 1.807) is 6.33 Å². The number of hydrogen-bond donors (Lipinski definition) is 2. The third kappa shape index (κ3) is 3.48. The molecule has 2 aromatic carbocycles. The fraction of sp³-hybridized carbons (Fsp3) is 0.263. The number of fused-ring (bicyclic) bond motifs is 1. The molecule has 0 bridgehead atoms. The molecule has 1 heterocycles. The molecule has 0 amide bonds. The van der Waals surface area contributed by atoms with Crippen LogP contribution >= 0.6 is 0 Å². The van der Waals surface area contributed by atoms with Gasteiger partial charge in [-0.2, -0.15) is 0 Å². The fourth-order valence-electron chi connectivity index (χ4n) is 2.73. The minimum absolute atomic E-state index is 0.118. The number of aliphatic hydroxyl groups is 1. The lowest BCUT2D eigenvalue weighted by Crippen LogP contribution is -2.32. The molecule has 0 spiro atoms. The SMILES string of the molecule is Cc1cccc2ncnc(NC(C)C(O)Cc3ccccc3)c12. The van der Waals surface area contributed by atoms with Gasteiger partial charge in [0.2, 0.25) is 0 Å². The van der Waals surface area contributed by atoms with Crippen LogP contribution in [0.3, 0.4) is 0 Å². The second-order valence-electron chi connectivity index (χ2n) is 5.88. The number of hydrogen-bond acceptors (Lipinski definition) is 4. The van der Waals surface area contributed by atoms with E-state index in [4.69, 9.17) is 0 Å². The second kappa shape index (κ2) is 6.75. The van der Waals surface area contributed by atoms with E-state index in [1.165, 1.54) is 0 Å². The van der Waals surface area contributed by atoms with Gasteiger partial charge in [-0.1, -0.05) is 42.5 Å². The predicted molar refractivity (Wildman–Crippen MR) is 93.5 cm³/mol. The van der Waals surface area contributed by atoms with E-state index < -0.39 is 6.10 Å². The number of nitrogens with one attached hydrogen (secondary N) is 1. The van der Waals surface area contributed by atoms with E-state index >= 15 is 0 Å². The first-order chi connectivity index (χ1) is 11.1. The van der Waals surface area contributed by atoms with E-state index in [1.807, 2.05) is 62.4 Å². The molecule has 0 aliphatic rings. The first kappa shape index (κ1) is 15.4. The Morgan fingerprint density at radius 1 is 1.04 bits per heavy atom. The molecule has 23 heavy (non-hydrogen) atoms. The topological polar surface area (TPSA) is 58.0 Å². The highest BCUT2D eigenvalue weighted by molar-refractivity contribution is 5.91. The Morgan fingerprint density at radius 3 is 2.61 bits per heavy atom. The van der Waals surface area contributed by atoms with E-state index in [-0.39, 0.29) is 6.04 Å². The van der Waals surface area contributed by atoms with Crippen molar-refractivity contribution in [2.24, 2.45) is 0 Å². The summed E-state index contributed by atoms with van der Waals surface area (Å²) in [4.78, 5) is 8.67. The summed E-state index contributed by atoms with van der Waals surface area (Å²) in [5, 5.41) is 14.8. The van der Waals surface area contributed by atoms with Gasteiger partial charge in [0.15, 0.2) is 0 Å². The second-order valence-corrected chi connectivity index (χ2v) is 5.88. The molecule has 3 aromatic rings. The molecular weight excluding hydrogens is 286 g/mol. The van der Waals surface area contributed by atoms with Crippen molar-refractivity contribution in [3.8, 4) is 0 Å². The third-order valence-corrected chi connectivity index (χ3v) is 4.10. The molecule has 2 atom stereocenters. The van der Waals surface area contributed by atoms with E-state index in [0.717, 1.165) is 27.8 Å². The maximum atomic E-state index is 10.5. The first-order valence-electron chi connectivity index (χ1n) is 7.84. The number of nitrogens with zero attached hydrogens (tertiary/aromatic N) is 2. The Balaban J connectivity index is 1.79. The van der Waals surface area contributed by atoms with E-state index in [0.29, 0.717) is 6.42 Å². The molecule has 0 fully saturated rings. The maximum Gasteiger partial charge on any atom is 0.137 e. The molecule has 0 aliphatic carbocycles. The van der Waals surface area contributed by atoms with Crippen molar-refractivity contribution in [1.29, 1.82) is 0 Å². The molecule has 3 rings (SSSR count). The normalized spacial score (nSPS) is 13.7. The van der Waals surface area contributed by atoms with Gasteiger partial charge in [-0.25, -0.2) is 9.97 Å². The molecule has 4 heteroatoms. The molecule has 1 aromatic heterocycles. The number of rotatable bonds is 5. The lowest BCUT2D eigenvalue weighted by Gasteiger charge is -2.22. The highest BCUT2D eigenvalue weighted by Crippen LogP contribution is 2.24. The first-order valence-corrected chi connectivity index (χ1v) is 7.84. The highest BCUT2D eigenvalue weighted by Gasteiger charge is 2.17. The van der Waals surface area contributed by atoms with Crippen LogP contribution in [0.1, 0.15) is 18.1 Å². The van der Waals surface area contributed by atoms with Gasteiger partial charge in [0, 0.05) is 11.8 Å². The summed E-state index contributed by atoms with van der Waals surface area (Å²) in [5.41, 5.74) is 3.15. The zero-order valence-electron chi connectivity index (χ0n) is 13.4. The quantitative estimate of drug-likeness (QED) is 0.759. The summed E-state index contributed by atoms with van der Waals surface area (Å²) in [6.07, 6.45) is 1.67. The molecule has 0 saturated heterocycles. The highest BCUT2D eigenvalue weighted by atomic mass is 16.3. The largest absolute Gasteiger partial charge is 0.391 e. The molecule has 0 aliphatic heterocycles. The van der Waals surface area contributed by atoms with Crippen molar-refractivity contribution >= 4 is 16.7 Å². The zero-order chi connectivity index (χ0) is 16.2. The Labute approximate surface area is 136 Å². The molecule has 2 unspecified atom stereocenters. The lowest BCUT2D eigenvalue weighted by atomic mass is 10.0. The molecular formula is C19H21N3O. The van der Waals surface area contributed by atoms with Crippen molar-refractivity contribution in [3.05, 3.63) is 66.0 Å². The van der Waals surface area contributed by atoms with E-state index in [2.05, 4.69) is 15.3 Å². The average molecular weight is 307 g/mol. The van der Waals surface area contributed by atoms with Gasteiger partial charge in [0.25, 0.3) is 0 Å². The fourth-order valence-corrected chi connectivity index (χ4v) is 2.73. The number of aromatic nitrogens is 2. The van der Waals surface area contributed by atoms with Crippen LogP contribution in [0, 0.1) is 6.92 Å². The van der Waals surface area contributed by atoms with Gasteiger partial charge < -0.3 is 10.4 Å². The Bertz CT molecular complexity index is 784. The Morgan fingerprint density at radius 2 is 1.83 bits per heavy atom. The van der Waals surface area contributed by atoms with Crippen molar-refractivity contribution in [2.75, 3.05) is 5.32 Å². The summed E-state index contributed by atoms with van der Waals surface area (Å²) in [5.74, 6) is 0.771. The molecule has 0 radical (unpaired) electrons. The standard InChI is InChI=1S/C19H21N3O/c1-13-7-6-10-16-18(13)19(21-12-20-16)22-14(2)17(23)11-15-8-4-3-5-9-15/h3-10,12,14,17,23H,11H2,1-2H3,(H,20,21,22). The molecule has 4 nitrogen and oxygen atoms in total. The van der Waals surface area contributed by atoms with Gasteiger partial charge in [0.1, 0.15) is 12.1 Å². The minimum atomic E-state index is -0.494. The van der Waals surface area contributed by atoms with Gasteiger partial charge >= 0.3 is 0 Å².